The lowest BCUT2D eigenvalue weighted by molar-refractivity contribution is 0.408. The van der Waals surface area contributed by atoms with E-state index in [0.29, 0.717) is 22.7 Å². The van der Waals surface area contributed by atoms with E-state index in [1.807, 2.05) is 18.2 Å². The van der Waals surface area contributed by atoms with Crippen molar-refractivity contribution in [3.63, 3.8) is 0 Å². The van der Waals surface area contributed by atoms with E-state index in [0.717, 1.165) is 14.6 Å². The van der Waals surface area contributed by atoms with E-state index in [1.54, 1.807) is 18.7 Å². The Bertz CT molecular complexity index is 1070. The minimum absolute atomic E-state index is 0.237. The fourth-order valence-corrected chi connectivity index (χ4v) is 3.52. The lowest BCUT2D eigenvalue weighted by Gasteiger charge is -2.13. The molecule has 0 bridgehead atoms. The predicted molar refractivity (Wildman–Crippen MR) is 97.7 cm³/mol. The van der Waals surface area contributed by atoms with E-state index >= 15 is 0 Å². The number of methoxy groups -OCH3 is 1. The molecule has 7 nitrogen and oxygen atoms in total. The molecule has 24 heavy (non-hydrogen) atoms. The first-order valence-electron chi connectivity index (χ1n) is 6.99. The molecular formula is C15H14Br2N4O3. The Morgan fingerprint density at radius 2 is 1.88 bits per heavy atom. The summed E-state index contributed by atoms with van der Waals surface area (Å²) < 4.78 is 11.0. The Labute approximate surface area is 153 Å². The second-order valence-corrected chi connectivity index (χ2v) is 6.93. The number of nitrogens with zero attached hydrogens (tertiary/aromatic N) is 4. The molecule has 2 heterocycles. The highest BCUT2D eigenvalue weighted by Crippen LogP contribution is 2.26. The zero-order chi connectivity index (χ0) is 17.6. The Hall–Kier alpha value is -1.87. The van der Waals surface area contributed by atoms with Crippen LogP contribution in [0.4, 0.5) is 0 Å². The van der Waals surface area contributed by atoms with Gasteiger partial charge in [0, 0.05) is 24.1 Å². The molecular weight excluding hydrogens is 444 g/mol. The van der Waals surface area contributed by atoms with Crippen molar-refractivity contribution in [3.05, 3.63) is 53.8 Å². The molecule has 0 amide bonds. The fourth-order valence-electron chi connectivity index (χ4n) is 2.64. The molecule has 0 atom stereocenters. The number of imidazole rings is 1. The van der Waals surface area contributed by atoms with E-state index in [4.69, 9.17) is 4.74 Å². The minimum Gasteiger partial charge on any atom is -0.496 e. The topological polar surface area (TPSA) is 71.1 Å². The first kappa shape index (κ1) is 17.0. The molecule has 2 aromatic heterocycles. The Morgan fingerprint density at radius 1 is 1.17 bits per heavy atom. The van der Waals surface area contributed by atoms with Crippen molar-refractivity contribution in [2.45, 2.75) is 6.54 Å². The molecule has 0 saturated carbocycles. The summed E-state index contributed by atoms with van der Waals surface area (Å²) in [5, 5.41) is 0. The van der Waals surface area contributed by atoms with Crippen LogP contribution in [0.5, 0.6) is 5.75 Å². The molecule has 3 rings (SSSR count). The second kappa shape index (κ2) is 6.21. The SMILES string of the molecule is COc1ccc(Br)cc1Cn1c(Br)nc2c(=O)n(C)c(=O)n(C)c21. The molecule has 0 aliphatic heterocycles. The van der Waals surface area contributed by atoms with E-state index in [9.17, 15) is 9.59 Å². The van der Waals surface area contributed by atoms with E-state index in [-0.39, 0.29) is 5.52 Å². The highest BCUT2D eigenvalue weighted by molar-refractivity contribution is 9.10. The number of hydrogen-bond donors (Lipinski definition) is 0. The van der Waals surface area contributed by atoms with Crippen molar-refractivity contribution >= 4 is 43.0 Å². The molecule has 0 aliphatic rings. The van der Waals surface area contributed by atoms with E-state index in [1.165, 1.54) is 11.6 Å². The predicted octanol–water partition coefficient (Wildman–Crippen LogP) is 2.02. The summed E-state index contributed by atoms with van der Waals surface area (Å²) in [6.45, 7) is 0.389. The van der Waals surface area contributed by atoms with Crippen LogP contribution >= 0.6 is 31.9 Å². The number of benzene rings is 1. The van der Waals surface area contributed by atoms with Gasteiger partial charge in [-0.2, -0.15) is 0 Å². The van der Waals surface area contributed by atoms with Gasteiger partial charge in [-0.05, 0) is 34.1 Å². The average molecular weight is 458 g/mol. The summed E-state index contributed by atoms with van der Waals surface area (Å²) in [7, 11) is 4.65. The number of hydrogen-bond acceptors (Lipinski definition) is 4. The van der Waals surface area contributed by atoms with Crippen LogP contribution in [0.1, 0.15) is 5.56 Å². The molecule has 3 aromatic rings. The molecule has 0 spiro atoms. The van der Waals surface area contributed by atoms with Crippen LogP contribution in [0, 0.1) is 0 Å². The largest absolute Gasteiger partial charge is 0.496 e. The van der Waals surface area contributed by atoms with Crippen LogP contribution in [-0.4, -0.2) is 25.8 Å². The quantitative estimate of drug-likeness (QED) is 0.564. The van der Waals surface area contributed by atoms with Gasteiger partial charge in [0.15, 0.2) is 15.9 Å². The molecule has 1 aromatic carbocycles. The second-order valence-electron chi connectivity index (χ2n) is 5.30. The lowest BCUT2D eigenvalue weighted by Crippen LogP contribution is -2.37. The van der Waals surface area contributed by atoms with Gasteiger partial charge < -0.3 is 4.74 Å². The van der Waals surface area contributed by atoms with Crippen molar-refractivity contribution in [1.82, 2.24) is 18.7 Å². The molecule has 0 saturated heterocycles. The smallest absolute Gasteiger partial charge is 0.332 e. The zero-order valence-electron chi connectivity index (χ0n) is 13.2. The fraction of sp³-hybridized carbons (Fsp3) is 0.267. The molecule has 0 radical (unpaired) electrons. The number of halogens is 2. The molecule has 0 N–H and O–H groups in total. The number of ether oxygens (including phenoxy) is 1. The molecule has 0 aliphatic carbocycles. The van der Waals surface area contributed by atoms with Gasteiger partial charge in [-0.1, -0.05) is 15.9 Å². The van der Waals surface area contributed by atoms with Crippen LogP contribution < -0.4 is 16.0 Å². The molecule has 126 valence electrons. The van der Waals surface area contributed by atoms with Crippen LogP contribution in [0.2, 0.25) is 0 Å². The van der Waals surface area contributed by atoms with Crippen molar-refractivity contribution in [2.24, 2.45) is 14.1 Å². The monoisotopic (exact) mass is 456 g/mol. The van der Waals surface area contributed by atoms with E-state index in [2.05, 4.69) is 36.8 Å². The van der Waals surface area contributed by atoms with Crippen molar-refractivity contribution in [2.75, 3.05) is 7.11 Å². The molecule has 0 fully saturated rings. The van der Waals surface area contributed by atoms with Crippen molar-refractivity contribution in [1.29, 1.82) is 0 Å². The summed E-state index contributed by atoms with van der Waals surface area (Å²) >= 11 is 6.83. The number of aromatic nitrogens is 4. The van der Waals surface area contributed by atoms with Gasteiger partial charge in [-0.25, -0.2) is 9.78 Å². The van der Waals surface area contributed by atoms with Gasteiger partial charge in [-0.15, -0.1) is 0 Å². The maximum Gasteiger partial charge on any atom is 0.332 e. The van der Waals surface area contributed by atoms with Gasteiger partial charge in [0.2, 0.25) is 0 Å². The standard InChI is InChI=1S/C15H14Br2N4O3/c1-19-12-11(13(22)20(2)15(19)23)18-14(17)21(12)7-8-6-9(16)4-5-10(8)24-3/h4-6H,7H2,1-3H3. The number of aryl methyl sites for hydroxylation is 1. The van der Waals surface area contributed by atoms with Gasteiger partial charge in [0.1, 0.15) is 5.75 Å². The van der Waals surface area contributed by atoms with Gasteiger partial charge in [0.05, 0.1) is 13.7 Å². The summed E-state index contributed by atoms with van der Waals surface area (Å²) in [6, 6.07) is 5.66. The number of rotatable bonds is 3. The highest BCUT2D eigenvalue weighted by Gasteiger charge is 2.18. The first-order valence-corrected chi connectivity index (χ1v) is 8.58. The normalized spacial score (nSPS) is 11.2. The van der Waals surface area contributed by atoms with Crippen LogP contribution in [0.3, 0.4) is 0 Å². The highest BCUT2D eigenvalue weighted by atomic mass is 79.9. The summed E-state index contributed by atoms with van der Waals surface area (Å²) in [6.07, 6.45) is 0. The number of fused-ring (bicyclic) bond motifs is 1. The minimum atomic E-state index is -0.422. The van der Waals surface area contributed by atoms with Gasteiger partial charge >= 0.3 is 5.69 Å². The Kier molecular flexibility index (Phi) is 4.39. The Balaban J connectivity index is 2.29. The average Bonchev–Trinajstić information content (AvgIpc) is 2.88. The summed E-state index contributed by atoms with van der Waals surface area (Å²) in [5.74, 6) is 0.709. The summed E-state index contributed by atoms with van der Waals surface area (Å²) in [4.78, 5) is 28.8. The van der Waals surface area contributed by atoms with Crippen LogP contribution in [0.15, 0.2) is 37.0 Å². The third-order valence-corrected chi connectivity index (χ3v) is 4.96. The molecule has 9 heteroatoms. The first-order chi connectivity index (χ1) is 11.3. The third-order valence-electron chi connectivity index (χ3n) is 3.86. The van der Waals surface area contributed by atoms with Gasteiger partial charge in [-0.3, -0.25) is 18.5 Å². The Morgan fingerprint density at radius 3 is 2.54 bits per heavy atom. The van der Waals surface area contributed by atoms with Gasteiger partial charge in [0.25, 0.3) is 5.56 Å². The summed E-state index contributed by atoms with van der Waals surface area (Å²) in [5.41, 5.74) is 0.758. The third kappa shape index (κ3) is 2.61. The van der Waals surface area contributed by atoms with Crippen molar-refractivity contribution < 1.29 is 4.74 Å². The van der Waals surface area contributed by atoms with Crippen molar-refractivity contribution in [3.8, 4) is 5.75 Å². The lowest BCUT2D eigenvalue weighted by atomic mass is 10.2. The zero-order valence-corrected chi connectivity index (χ0v) is 16.4. The van der Waals surface area contributed by atoms with Crippen LogP contribution in [0.25, 0.3) is 11.2 Å². The van der Waals surface area contributed by atoms with E-state index < -0.39 is 11.2 Å². The molecule has 0 unspecified atom stereocenters. The maximum atomic E-state index is 12.3. The van der Waals surface area contributed by atoms with Crippen LogP contribution in [-0.2, 0) is 20.6 Å². The maximum absolute atomic E-state index is 12.3.